The molecule has 132 valence electrons. The molecule has 1 aromatic rings. The van der Waals surface area contributed by atoms with Crippen LogP contribution in [0.2, 0.25) is 0 Å². The zero-order valence-corrected chi connectivity index (χ0v) is 15.0. The molecular formula is C18H26N2O3S. The van der Waals surface area contributed by atoms with E-state index in [2.05, 4.69) is 0 Å². The normalized spacial score (nSPS) is 21.4. The molecule has 0 aromatic heterocycles. The average Bonchev–Trinajstić information content (AvgIpc) is 2.61. The fraction of sp³-hybridized carbons (Fsp3) is 0.611. The molecule has 2 atom stereocenters. The van der Waals surface area contributed by atoms with Crippen molar-refractivity contribution in [3.05, 3.63) is 18.2 Å². The van der Waals surface area contributed by atoms with Gasteiger partial charge in [-0.2, -0.15) is 0 Å². The first-order chi connectivity index (χ1) is 11.6. The van der Waals surface area contributed by atoms with Gasteiger partial charge >= 0.3 is 0 Å². The van der Waals surface area contributed by atoms with Crippen molar-refractivity contribution in [1.82, 2.24) is 4.90 Å². The summed E-state index contributed by atoms with van der Waals surface area (Å²) >= 11 is 1.68. The van der Waals surface area contributed by atoms with Gasteiger partial charge in [-0.1, -0.05) is 0 Å². The van der Waals surface area contributed by atoms with Gasteiger partial charge < -0.3 is 20.1 Å². The zero-order valence-electron chi connectivity index (χ0n) is 14.2. The monoisotopic (exact) mass is 350 g/mol. The third-order valence-corrected chi connectivity index (χ3v) is 5.65. The highest BCUT2D eigenvalue weighted by atomic mass is 32.2. The molecule has 1 amide bonds. The van der Waals surface area contributed by atoms with Crippen LogP contribution in [0.1, 0.15) is 26.2 Å². The van der Waals surface area contributed by atoms with Gasteiger partial charge in [0.15, 0.2) is 11.5 Å². The number of fused-ring (bicyclic) bond motifs is 1. The van der Waals surface area contributed by atoms with Crippen molar-refractivity contribution in [3.63, 3.8) is 0 Å². The fourth-order valence-corrected chi connectivity index (χ4v) is 4.06. The van der Waals surface area contributed by atoms with Crippen LogP contribution in [-0.4, -0.2) is 48.9 Å². The highest BCUT2D eigenvalue weighted by Gasteiger charge is 2.25. The minimum absolute atomic E-state index is 0.160. The number of rotatable bonds is 5. The van der Waals surface area contributed by atoms with Crippen LogP contribution in [0, 0.1) is 5.92 Å². The Labute approximate surface area is 147 Å². The summed E-state index contributed by atoms with van der Waals surface area (Å²) in [6, 6.07) is 6.12. The Morgan fingerprint density at radius 1 is 1.38 bits per heavy atom. The number of carbonyl (C=O) groups is 1. The average molecular weight is 350 g/mol. The summed E-state index contributed by atoms with van der Waals surface area (Å²) in [5.74, 6) is 3.06. The number of ether oxygens (including phenoxy) is 2. The van der Waals surface area contributed by atoms with E-state index in [4.69, 9.17) is 15.2 Å². The summed E-state index contributed by atoms with van der Waals surface area (Å²) in [6.45, 7) is 4.92. The number of likely N-dealkylation sites (tertiary alicyclic amines) is 1. The molecule has 1 aromatic carbocycles. The van der Waals surface area contributed by atoms with E-state index >= 15 is 0 Å². The summed E-state index contributed by atoms with van der Waals surface area (Å²) < 4.78 is 11.1. The fourth-order valence-electron chi connectivity index (χ4n) is 3.19. The van der Waals surface area contributed by atoms with E-state index < -0.39 is 0 Å². The van der Waals surface area contributed by atoms with Crippen LogP contribution >= 0.6 is 11.8 Å². The minimum Gasteiger partial charge on any atom is -0.486 e. The zero-order chi connectivity index (χ0) is 16.9. The van der Waals surface area contributed by atoms with E-state index in [0.717, 1.165) is 48.1 Å². The largest absolute Gasteiger partial charge is 0.486 e. The quantitative estimate of drug-likeness (QED) is 0.827. The molecule has 2 unspecified atom stereocenters. The van der Waals surface area contributed by atoms with E-state index in [1.165, 1.54) is 0 Å². The lowest BCUT2D eigenvalue weighted by atomic mass is 9.92. The molecular weight excluding hydrogens is 324 g/mol. The summed E-state index contributed by atoms with van der Waals surface area (Å²) in [4.78, 5) is 15.5. The van der Waals surface area contributed by atoms with Gasteiger partial charge in [0, 0.05) is 36.2 Å². The summed E-state index contributed by atoms with van der Waals surface area (Å²) in [7, 11) is 0. The summed E-state index contributed by atoms with van der Waals surface area (Å²) in [5.41, 5.74) is 6.00. The van der Waals surface area contributed by atoms with Crippen LogP contribution in [0.3, 0.4) is 0 Å². The molecule has 3 rings (SSSR count). The maximum atomic E-state index is 12.4. The number of amides is 1. The van der Waals surface area contributed by atoms with Crippen molar-refractivity contribution in [3.8, 4) is 11.5 Å². The van der Waals surface area contributed by atoms with E-state index in [1.807, 2.05) is 30.0 Å². The van der Waals surface area contributed by atoms with Gasteiger partial charge in [-0.25, -0.2) is 0 Å². The molecule has 2 heterocycles. The van der Waals surface area contributed by atoms with Gasteiger partial charge in [-0.05, 0) is 43.9 Å². The number of nitrogens with two attached hydrogens (primary N) is 1. The Balaban J connectivity index is 1.46. The number of nitrogens with zero attached hydrogens (tertiary/aromatic N) is 1. The number of piperidine rings is 1. The van der Waals surface area contributed by atoms with Gasteiger partial charge in [0.1, 0.15) is 13.2 Å². The molecule has 0 aliphatic carbocycles. The van der Waals surface area contributed by atoms with Gasteiger partial charge in [-0.15, -0.1) is 11.8 Å². The third kappa shape index (κ3) is 4.36. The minimum atomic E-state index is 0.160. The number of thioether (sulfide) groups is 1. The van der Waals surface area contributed by atoms with E-state index in [9.17, 15) is 4.79 Å². The van der Waals surface area contributed by atoms with Crippen molar-refractivity contribution < 1.29 is 14.3 Å². The maximum Gasteiger partial charge on any atom is 0.223 e. The van der Waals surface area contributed by atoms with Crippen LogP contribution in [0.15, 0.2) is 23.1 Å². The number of hydrogen-bond acceptors (Lipinski definition) is 5. The maximum absolute atomic E-state index is 12.4. The topological polar surface area (TPSA) is 64.8 Å². The van der Waals surface area contributed by atoms with Gasteiger partial charge in [-0.3, -0.25) is 4.79 Å². The molecule has 0 bridgehead atoms. The van der Waals surface area contributed by atoms with Crippen LogP contribution in [-0.2, 0) is 4.79 Å². The van der Waals surface area contributed by atoms with Crippen molar-refractivity contribution in [2.75, 3.05) is 32.1 Å². The number of carbonyl (C=O) groups excluding carboxylic acids is 1. The SMILES string of the molecule is CC(N)C1CCCN(C(=O)CCSc2ccc3c(c2)OCCO3)C1. The van der Waals surface area contributed by atoms with Crippen LogP contribution in [0.4, 0.5) is 0 Å². The molecule has 2 aliphatic heterocycles. The van der Waals surface area contributed by atoms with Crippen molar-refractivity contribution in [2.45, 2.75) is 37.1 Å². The molecule has 5 nitrogen and oxygen atoms in total. The molecule has 2 N–H and O–H groups in total. The van der Waals surface area contributed by atoms with E-state index in [1.54, 1.807) is 11.8 Å². The molecule has 24 heavy (non-hydrogen) atoms. The molecule has 1 fully saturated rings. The Morgan fingerprint density at radius 2 is 2.17 bits per heavy atom. The first-order valence-electron chi connectivity index (χ1n) is 8.69. The first kappa shape index (κ1) is 17.4. The van der Waals surface area contributed by atoms with E-state index in [-0.39, 0.29) is 11.9 Å². The lowest BCUT2D eigenvalue weighted by Crippen LogP contribution is -2.45. The summed E-state index contributed by atoms with van der Waals surface area (Å²) in [5, 5.41) is 0. The van der Waals surface area contributed by atoms with Gasteiger partial charge in [0.05, 0.1) is 0 Å². The predicted molar refractivity (Wildman–Crippen MR) is 95.7 cm³/mol. The third-order valence-electron chi connectivity index (χ3n) is 4.65. The highest BCUT2D eigenvalue weighted by molar-refractivity contribution is 7.99. The molecule has 2 aliphatic rings. The second kappa shape index (κ2) is 8.12. The Bertz CT molecular complexity index is 579. The van der Waals surface area contributed by atoms with Crippen LogP contribution in [0.25, 0.3) is 0 Å². The predicted octanol–water partition coefficient (Wildman–Crippen LogP) is 2.53. The van der Waals surface area contributed by atoms with Gasteiger partial charge in [0.2, 0.25) is 5.91 Å². The Hall–Kier alpha value is -1.40. The Kier molecular flexibility index (Phi) is 5.89. The number of benzene rings is 1. The van der Waals surface area contributed by atoms with Crippen LogP contribution < -0.4 is 15.2 Å². The van der Waals surface area contributed by atoms with Crippen LogP contribution in [0.5, 0.6) is 11.5 Å². The smallest absolute Gasteiger partial charge is 0.223 e. The molecule has 0 spiro atoms. The lowest BCUT2D eigenvalue weighted by Gasteiger charge is -2.34. The molecule has 6 heteroatoms. The van der Waals surface area contributed by atoms with E-state index in [0.29, 0.717) is 25.6 Å². The van der Waals surface area contributed by atoms with Crippen molar-refractivity contribution >= 4 is 17.7 Å². The van der Waals surface area contributed by atoms with Crippen molar-refractivity contribution in [1.29, 1.82) is 0 Å². The second-order valence-corrected chi connectivity index (χ2v) is 7.67. The van der Waals surface area contributed by atoms with Gasteiger partial charge in [0.25, 0.3) is 0 Å². The second-order valence-electron chi connectivity index (χ2n) is 6.51. The van der Waals surface area contributed by atoms with Crippen molar-refractivity contribution in [2.24, 2.45) is 11.7 Å². The highest BCUT2D eigenvalue weighted by Crippen LogP contribution is 2.34. The molecule has 0 radical (unpaired) electrons. The number of hydrogen-bond donors (Lipinski definition) is 1. The summed E-state index contributed by atoms with van der Waals surface area (Å²) in [6.07, 6.45) is 2.76. The Morgan fingerprint density at radius 3 is 2.96 bits per heavy atom. The lowest BCUT2D eigenvalue weighted by molar-refractivity contribution is -0.132. The standard InChI is InChI=1S/C18H26N2O3S/c1-13(19)14-3-2-7-20(12-14)18(21)6-10-24-15-4-5-16-17(11-15)23-9-8-22-16/h4-5,11,13-14H,2-3,6-10,12,19H2,1H3. The first-order valence-corrected chi connectivity index (χ1v) is 9.68. The molecule has 0 saturated carbocycles. The molecule has 1 saturated heterocycles.